The van der Waals surface area contributed by atoms with Crippen LogP contribution in [-0.2, 0) is 25.7 Å². The first-order chi connectivity index (χ1) is 15.4. The molecule has 0 spiro atoms. The molecule has 0 unspecified atom stereocenters. The fourth-order valence-corrected chi connectivity index (χ4v) is 2.90. The maximum absolute atomic E-state index is 11.1. The minimum absolute atomic E-state index is 0.257. The third kappa shape index (κ3) is 18.4. The van der Waals surface area contributed by atoms with E-state index in [1.807, 2.05) is 30.3 Å². The molecule has 1 rings (SSSR count). The summed E-state index contributed by atoms with van der Waals surface area (Å²) in [7, 11) is 0. The topological polar surface area (TPSA) is 52.6 Å². The Morgan fingerprint density at radius 3 is 1.59 bits per heavy atom. The number of esters is 2. The molecule has 0 aliphatic heterocycles. The first kappa shape index (κ1) is 29.6. The van der Waals surface area contributed by atoms with Crippen molar-refractivity contribution in [2.75, 3.05) is 6.61 Å². The molecule has 0 saturated heterocycles. The number of hydrogen-bond acceptors (Lipinski definition) is 4. The Kier molecular flexibility index (Phi) is 19.0. The number of hydrogen-bond donors (Lipinski definition) is 0. The van der Waals surface area contributed by atoms with Crippen LogP contribution in [0.25, 0.3) is 0 Å². The van der Waals surface area contributed by atoms with E-state index >= 15 is 0 Å². The van der Waals surface area contributed by atoms with Gasteiger partial charge in [-0.1, -0.05) is 115 Å². The van der Waals surface area contributed by atoms with Crippen LogP contribution in [0.1, 0.15) is 97.0 Å². The molecule has 4 nitrogen and oxygen atoms in total. The van der Waals surface area contributed by atoms with E-state index in [1.165, 1.54) is 64.2 Å². The van der Waals surface area contributed by atoms with Gasteiger partial charge < -0.3 is 9.47 Å². The Morgan fingerprint density at radius 2 is 1.12 bits per heavy atom. The average molecular weight is 445 g/mol. The van der Waals surface area contributed by atoms with E-state index in [-0.39, 0.29) is 11.9 Å². The Bertz CT molecular complexity index is 649. The second kappa shape index (κ2) is 20.5. The van der Waals surface area contributed by atoms with E-state index in [4.69, 9.17) is 9.47 Å². The molecule has 32 heavy (non-hydrogen) atoms. The fraction of sp³-hybridized carbons (Fsp3) is 0.571. The van der Waals surface area contributed by atoms with Gasteiger partial charge in [0.05, 0.1) is 6.61 Å². The second-order valence-corrected chi connectivity index (χ2v) is 8.29. The summed E-state index contributed by atoms with van der Waals surface area (Å²) in [4.78, 5) is 22.1. The molecule has 0 atom stereocenters. The van der Waals surface area contributed by atoms with Crippen LogP contribution in [0.4, 0.5) is 0 Å². The quantitative estimate of drug-likeness (QED) is 0.149. The van der Waals surface area contributed by atoms with E-state index in [1.54, 1.807) is 13.8 Å². The van der Waals surface area contributed by atoms with Gasteiger partial charge in [-0.15, -0.1) is 0 Å². The van der Waals surface area contributed by atoms with Gasteiger partial charge in [0.15, 0.2) is 0 Å². The van der Waals surface area contributed by atoms with E-state index in [0.717, 1.165) is 12.0 Å². The first-order valence-electron chi connectivity index (χ1n) is 12.1. The van der Waals surface area contributed by atoms with E-state index in [0.29, 0.717) is 24.4 Å². The van der Waals surface area contributed by atoms with Gasteiger partial charge in [0.25, 0.3) is 0 Å². The second-order valence-electron chi connectivity index (χ2n) is 8.29. The minimum Gasteiger partial charge on any atom is -0.462 e. The smallest absolute Gasteiger partial charge is 0.333 e. The molecule has 180 valence electrons. The lowest BCUT2D eigenvalue weighted by molar-refractivity contribution is -0.140. The standard InChI is InChI=1S/C17H32O2.C11H12O2/c1-4-5-6-7-8-9-10-11-12-13-14-15-19-17(18)16(2)3;1-9(2)11(12)13-8-10-6-4-3-5-7-10/h2,4-15H2,1,3H3;3-7H,1,8H2,2H3. The first-order valence-corrected chi connectivity index (χ1v) is 12.1. The molecular weight excluding hydrogens is 400 g/mol. The molecule has 0 aromatic heterocycles. The van der Waals surface area contributed by atoms with Crippen LogP contribution in [-0.4, -0.2) is 18.5 Å². The van der Waals surface area contributed by atoms with Crippen LogP contribution >= 0.6 is 0 Å². The lowest BCUT2D eigenvalue weighted by Gasteiger charge is -2.04. The summed E-state index contributed by atoms with van der Waals surface area (Å²) >= 11 is 0. The van der Waals surface area contributed by atoms with E-state index in [2.05, 4.69) is 20.1 Å². The third-order valence-electron chi connectivity index (χ3n) is 4.89. The highest BCUT2D eigenvalue weighted by molar-refractivity contribution is 5.87. The van der Waals surface area contributed by atoms with Crippen LogP contribution in [0.3, 0.4) is 0 Å². The van der Waals surface area contributed by atoms with Crippen molar-refractivity contribution in [1.82, 2.24) is 0 Å². The fourth-order valence-electron chi connectivity index (χ4n) is 2.90. The predicted molar refractivity (Wildman–Crippen MR) is 133 cm³/mol. The molecule has 4 heteroatoms. The van der Waals surface area contributed by atoms with Gasteiger partial charge in [-0.2, -0.15) is 0 Å². The summed E-state index contributed by atoms with van der Waals surface area (Å²) in [5, 5.41) is 0. The van der Waals surface area contributed by atoms with Gasteiger partial charge in [-0.05, 0) is 25.8 Å². The summed E-state index contributed by atoms with van der Waals surface area (Å²) in [6.07, 6.45) is 14.4. The highest BCUT2D eigenvalue weighted by Gasteiger charge is 2.03. The highest BCUT2D eigenvalue weighted by Crippen LogP contribution is 2.11. The van der Waals surface area contributed by atoms with Crippen molar-refractivity contribution in [2.45, 2.75) is 98.0 Å². The zero-order valence-electron chi connectivity index (χ0n) is 20.6. The van der Waals surface area contributed by atoms with Crippen molar-refractivity contribution in [1.29, 1.82) is 0 Å². The number of rotatable bonds is 16. The maximum Gasteiger partial charge on any atom is 0.333 e. The van der Waals surface area contributed by atoms with Crippen LogP contribution in [0.2, 0.25) is 0 Å². The maximum atomic E-state index is 11.1. The number of carbonyl (C=O) groups is 2. The molecule has 0 saturated carbocycles. The lowest BCUT2D eigenvalue weighted by Crippen LogP contribution is -2.05. The SMILES string of the molecule is C=C(C)C(=O)OCCCCCCCCCCCCC.C=C(C)C(=O)OCc1ccccc1. The number of benzene rings is 1. The van der Waals surface area contributed by atoms with Crippen molar-refractivity contribution in [3.8, 4) is 0 Å². The summed E-state index contributed by atoms with van der Waals surface area (Å²) in [6.45, 7) is 13.5. The van der Waals surface area contributed by atoms with E-state index in [9.17, 15) is 9.59 Å². The molecule has 0 bridgehead atoms. The number of ether oxygens (including phenoxy) is 2. The van der Waals surface area contributed by atoms with Crippen LogP contribution in [0, 0.1) is 0 Å². The molecule has 0 fully saturated rings. The monoisotopic (exact) mass is 444 g/mol. The van der Waals surface area contributed by atoms with Gasteiger partial charge >= 0.3 is 11.9 Å². The van der Waals surface area contributed by atoms with Crippen molar-refractivity contribution >= 4 is 11.9 Å². The normalized spacial score (nSPS) is 9.97. The van der Waals surface area contributed by atoms with E-state index < -0.39 is 0 Å². The zero-order chi connectivity index (χ0) is 24.0. The Labute approximate surface area is 196 Å². The molecule has 0 N–H and O–H groups in total. The third-order valence-corrected chi connectivity index (χ3v) is 4.89. The molecular formula is C28H44O4. The van der Waals surface area contributed by atoms with Gasteiger partial charge in [0, 0.05) is 11.1 Å². The molecule has 0 aliphatic rings. The van der Waals surface area contributed by atoms with Crippen LogP contribution in [0.15, 0.2) is 54.6 Å². The summed E-state index contributed by atoms with van der Waals surface area (Å²) in [6, 6.07) is 9.55. The highest BCUT2D eigenvalue weighted by atomic mass is 16.5. The Morgan fingerprint density at radius 1 is 0.688 bits per heavy atom. The molecule has 0 radical (unpaired) electrons. The molecule has 0 aliphatic carbocycles. The lowest BCUT2D eigenvalue weighted by atomic mass is 10.1. The van der Waals surface area contributed by atoms with Gasteiger partial charge in [0.2, 0.25) is 0 Å². The summed E-state index contributed by atoms with van der Waals surface area (Å²) in [5.41, 5.74) is 1.90. The van der Waals surface area contributed by atoms with Crippen molar-refractivity contribution < 1.29 is 19.1 Å². The molecule has 0 heterocycles. The van der Waals surface area contributed by atoms with Gasteiger partial charge in [-0.3, -0.25) is 0 Å². The minimum atomic E-state index is -0.344. The van der Waals surface area contributed by atoms with Gasteiger partial charge in [-0.25, -0.2) is 9.59 Å². The predicted octanol–water partition coefficient (Wildman–Crippen LogP) is 7.72. The summed E-state index contributed by atoms with van der Waals surface area (Å²) < 4.78 is 10.00. The van der Waals surface area contributed by atoms with Crippen molar-refractivity contribution in [2.24, 2.45) is 0 Å². The molecule has 0 amide bonds. The summed E-state index contributed by atoms with van der Waals surface area (Å²) in [5.74, 6) is -0.601. The van der Waals surface area contributed by atoms with Crippen molar-refractivity contribution in [3.05, 3.63) is 60.2 Å². The largest absolute Gasteiger partial charge is 0.462 e. The average Bonchev–Trinajstić information content (AvgIpc) is 2.79. The van der Waals surface area contributed by atoms with Gasteiger partial charge in [0.1, 0.15) is 6.61 Å². The van der Waals surface area contributed by atoms with Crippen molar-refractivity contribution in [3.63, 3.8) is 0 Å². The number of unbranched alkanes of at least 4 members (excludes halogenated alkanes) is 10. The van der Waals surface area contributed by atoms with Crippen LogP contribution in [0.5, 0.6) is 0 Å². The zero-order valence-corrected chi connectivity index (χ0v) is 20.6. The number of carbonyl (C=O) groups excluding carboxylic acids is 2. The Balaban J connectivity index is 0.000000641. The molecule has 1 aromatic carbocycles. The van der Waals surface area contributed by atoms with Crippen LogP contribution < -0.4 is 0 Å². The Hall–Kier alpha value is -2.36. The molecule has 1 aromatic rings.